The summed E-state index contributed by atoms with van der Waals surface area (Å²) in [5.41, 5.74) is 7.88. The number of aliphatic imine (C=N–C) groups is 4. The molecule has 1 atom stereocenters. The zero-order valence-electron chi connectivity index (χ0n) is 9.31. The Labute approximate surface area is 93.8 Å². The Morgan fingerprint density at radius 1 is 1.44 bits per heavy atom. The van der Waals surface area contributed by atoms with Crippen LogP contribution in [0.4, 0.5) is 0 Å². The molecule has 2 heterocycles. The van der Waals surface area contributed by atoms with E-state index in [-0.39, 0.29) is 0 Å². The second kappa shape index (κ2) is 4.07. The monoisotopic (exact) mass is 218 g/mol. The van der Waals surface area contributed by atoms with Gasteiger partial charge in [0.25, 0.3) is 0 Å². The Bertz CT molecular complexity index is 438. The van der Waals surface area contributed by atoms with E-state index in [1.54, 1.807) is 0 Å². The maximum absolute atomic E-state index is 6.10. The predicted molar refractivity (Wildman–Crippen MR) is 66.2 cm³/mol. The summed E-state index contributed by atoms with van der Waals surface area (Å²) in [7, 11) is 0. The second-order valence-electron chi connectivity index (χ2n) is 3.85. The van der Waals surface area contributed by atoms with Gasteiger partial charge in [-0.15, -0.1) is 0 Å². The average molecular weight is 218 g/mol. The zero-order chi connectivity index (χ0) is 11.6. The van der Waals surface area contributed by atoms with Crippen molar-refractivity contribution >= 4 is 24.2 Å². The second-order valence-corrected chi connectivity index (χ2v) is 3.85. The maximum atomic E-state index is 6.10. The number of amidine groups is 1. The molecule has 3 N–H and O–H groups in total. The molecule has 0 aliphatic carbocycles. The minimum Gasteiger partial charge on any atom is -0.289 e. The van der Waals surface area contributed by atoms with Crippen LogP contribution in [0, 0.1) is 0 Å². The van der Waals surface area contributed by atoms with E-state index in [1.807, 2.05) is 19.9 Å². The lowest BCUT2D eigenvalue weighted by Crippen LogP contribution is -2.61. The van der Waals surface area contributed by atoms with E-state index in [0.29, 0.717) is 18.1 Å². The summed E-state index contributed by atoms with van der Waals surface area (Å²) in [6.45, 7) is 4.68. The summed E-state index contributed by atoms with van der Waals surface area (Å²) >= 11 is 0. The minimum absolute atomic E-state index is 0.530. The highest BCUT2D eigenvalue weighted by molar-refractivity contribution is 6.50. The number of allylic oxidation sites excluding steroid dienone is 1. The molecule has 0 fully saturated rings. The fourth-order valence-electron chi connectivity index (χ4n) is 1.40. The van der Waals surface area contributed by atoms with Crippen molar-refractivity contribution in [2.45, 2.75) is 19.6 Å². The fourth-order valence-corrected chi connectivity index (χ4v) is 1.40. The molecule has 0 saturated heterocycles. The van der Waals surface area contributed by atoms with E-state index in [9.17, 15) is 0 Å². The van der Waals surface area contributed by atoms with Crippen molar-refractivity contribution in [3.05, 3.63) is 11.6 Å². The molecular formula is C10H14N6. The van der Waals surface area contributed by atoms with Gasteiger partial charge in [0.15, 0.2) is 5.84 Å². The van der Waals surface area contributed by atoms with Crippen molar-refractivity contribution in [2.75, 3.05) is 6.54 Å². The van der Waals surface area contributed by atoms with Gasteiger partial charge in [-0.3, -0.25) is 11.1 Å². The van der Waals surface area contributed by atoms with Crippen LogP contribution in [0.2, 0.25) is 0 Å². The molecule has 0 amide bonds. The Kier molecular flexibility index (Phi) is 2.76. The third kappa shape index (κ3) is 1.98. The zero-order valence-corrected chi connectivity index (χ0v) is 9.31. The molecule has 84 valence electrons. The van der Waals surface area contributed by atoms with Crippen molar-refractivity contribution in [2.24, 2.45) is 25.7 Å². The predicted octanol–water partition coefficient (Wildman–Crippen LogP) is 0.0780. The van der Waals surface area contributed by atoms with Gasteiger partial charge >= 0.3 is 0 Å². The van der Waals surface area contributed by atoms with Gasteiger partial charge in [-0.25, -0.2) is 20.0 Å². The van der Waals surface area contributed by atoms with Gasteiger partial charge in [-0.05, 0) is 13.8 Å². The van der Waals surface area contributed by atoms with Crippen LogP contribution in [0.5, 0.6) is 0 Å². The van der Waals surface area contributed by atoms with Crippen LogP contribution in [-0.4, -0.2) is 36.6 Å². The topological polar surface area (TPSA) is 87.5 Å². The van der Waals surface area contributed by atoms with E-state index in [1.165, 1.54) is 18.3 Å². The lowest BCUT2D eigenvalue weighted by molar-refractivity contribution is 0.493. The normalized spacial score (nSPS) is 26.2. The Balaban J connectivity index is 2.11. The van der Waals surface area contributed by atoms with E-state index in [2.05, 4.69) is 25.3 Å². The van der Waals surface area contributed by atoms with Crippen LogP contribution in [0.25, 0.3) is 0 Å². The molecule has 6 nitrogen and oxygen atoms in total. The smallest absolute Gasteiger partial charge is 0.211 e. The lowest BCUT2D eigenvalue weighted by Gasteiger charge is -2.27. The molecule has 1 unspecified atom stereocenters. The van der Waals surface area contributed by atoms with Crippen molar-refractivity contribution in [3.8, 4) is 0 Å². The number of nitrogens with two attached hydrogens (primary N) is 1. The standard InChI is InChI=1S/C10H14N6/c1-7(2)3-4-15-10(11)8-9(13-5-12-8)14-6-16-10/h3,5-6,15H,4,11H2,1-2H3. The van der Waals surface area contributed by atoms with Crippen molar-refractivity contribution in [1.82, 2.24) is 5.32 Å². The molecule has 0 bridgehead atoms. The number of nitrogens with one attached hydrogen (secondary N) is 1. The number of rotatable bonds is 3. The van der Waals surface area contributed by atoms with Gasteiger partial charge in [-0.1, -0.05) is 11.6 Å². The Hall–Kier alpha value is -1.66. The first-order valence-electron chi connectivity index (χ1n) is 5.02. The van der Waals surface area contributed by atoms with Crippen molar-refractivity contribution in [3.63, 3.8) is 0 Å². The molecular weight excluding hydrogens is 204 g/mol. The Morgan fingerprint density at radius 2 is 2.25 bits per heavy atom. The van der Waals surface area contributed by atoms with Crippen molar-refractivity contribution in [1.29, 1.82) is 0 Å². The molecule has 0 aromatic heterocycles. The third-order valence-corrected chi connectivity index (χ3v) is 2.26. The molecule has 16 heavy (non-hydrogen) atoms. The first-order chi connectivity index (χ1) is 7.62. The van der Waals surface area contributed by atoms with E-state index < -0.39 is 5.79 Å². The van der Waals surface area contributed by atoms with Crippen LogP contribution < -0.4 is 11.1 Å². The summed E-state index contributed by atoms with van der Waals surface area (Å²) in [5, 5.41) is 3.11. The van der Waals surface area contributed by atoms with Crippen molar-refractivity contribution < 1.29 is 0 Å². The molecule has 6 heteroatoms. The van der Waals surface area contributed by atoms with Gasteiger partial charge < -0.3 is 0 Å². The highest BCUT2D eigenvalue weighted by atomic mass is 15.3. The van der Waals surface area contributed by atoms with Gasteiger partial charge in [0.2, 0.25) is 5.79 Å². The molecule has 2 rings (SSSR count). The lowest BCUT2D eigenvalue weighted by atomic mass is 10.1. The van der Waals surface area contributed by atoms with Crippen LogP contribution in [0.1, 0.15) is 13.8 Å². The largest absolute Gasteiger partial charge is 0.289 e. The number of nitrogens with zero attached hydrogens (tertiary/aromatic N) is 4. The molecule has 0 aromatic rings. The van der Waals surface area contributed by atoms with Crippen LogP contribution in [0.15, 0.2) is 31.6 Å². The third-order valence-electron chi connectivity index (χ3n) is 2.26. The fraction of sp³-hybridized carbons (Fsp3) is 0.400. The van der Waals surface area contributed by atoms with Crippen LogP contribution >= 0.6 is 0 Å². The highest BCUT2D eigenvalue weighted by Gasteiger charge is 2.36. The van der Waals surface area contributed by atoms with Crippen LogP contribution in [0.3, 0.4) is 0 Å². The van der Waals surface area contributed by atoms with Crippen LogP contribution in [-0.2, 0) is 0 Å². The van der Waals surface area contributed by atoms with Gasteiger partial charge in [0.05, 0.1) is 0 Å². The summed E-state index contributed by atoms with van der Waals surface area (Å²) in [6.07, 6.45) is 4.88. The molecule has 0 spiro atoms. The number of fused-ring (bicyclic) bond motifs is 1. The minimum atomic E-state index is -1.01. The molecule has 0 saturated carbocycles. The summed E-state index contributed by atoms with van der Waals surface area (Å²) in [5.74, 6) is -0.485. The first-order valence-corrected chi connectivity index (χ1v) is 5.02. The maximum Gasteiger partial charge on any atom is 0.211 e. The number of hydrogen-bond donors (Lipinski definition) is 2. The Morgan fingerprint density at radius 3 is 3.00 bits per heavy atom. The summed E-state index contributed by atoms with van der Waals surface area (Å²) in [6, 6.07) is 0. The SMILES string of the molecule is CC(C)=CCNC1(N)N=CN=C2N=CN=C21. The molecule has 0 aromatic carbocycles. The van der Waals surface area contributed by atoms with E-state index in [4.69, 9.17) is 5.73 Å². The first kappa shape index (κ1) is 10.8. The quantitative estimate of drug-likeness (QED) is 0.519. The summed E-state index contributed by atoms with van der Waals surface area (Å²) < 4.78 is 0. The van der Waals surface area contributed by atoms with Gasteiger partial charge in [-0.2, -0.15) is 0 Å². The van der Waals surface area contributed by atoms with E-state index in [0.717, 1.165) is 0 Å². The average Bonchev–Trinajstić information content (AvgIpc) is 2.66. The highest BCUT2D eigenvalue weighted by Crippen LogP contribution is 2.11. The summed E-state index contributed by atoms with van der Waals surface area (Å²) in [4.78, 5) is 16.2. The molecule has 0 radical (unpaired) electrons. The number of hydrogen-bond acceptors (Lipinski definition) is 6. The molecule has 2 aliphatic heterocycles. The van der Waals surface area contributed by atoms with Gasteiger partial charge in [0.1, 0.15) is 18.4 Å². The van der Waals surface area contributed by atoms with Gasteiger partial charge in [0, 0.05) is 6.54 Å². The van der Waals surface area contributed by atoms with E-state index >= 15 is 0 Å². The molecule has 2 aliphatic rings.